The molecule has 2 aromatic carbocycles. The van der Waals surface area contributed by atoms with Crippen molar-refractivity contribution < 1.29 is 19.1 Å². The maximum atomic E-state index is 13.5. The van der Waals surface area contributed by atoms with Crippen molar-refractivity contribution in [3.8, 4) is 0 Å². The van der Waals surface area contributed by atoms with Crippen LogP contribution in [0.2, 0.25) is 5.02 Å². The Morgan fingerprint density at radius 1 is 1.06 bits per heavy atom. The number of nitrogens with zero attached hydrogens (tertiary/aromatic N) is 1. The number of carbonyl (C=O) groups excluding carboxylic acids is 2. The summed E-state index contributed by atoms with van der Waals surface area (Å²) in [5, 5.41) is 0.662. The van der Waals surface area contributed by atoms with Crippen LogP contribution in [0.25, 0.3) is 0 Å². The van der Waals surface area contributed by atoms with Gasteiger partial charge in [-0.15, -0.1) is 0 Å². The average Bonchev–Trinajstić information content (AvgIpc) is 3.14. The first-order valence-corrected chi connectivity index (χ1v) is 11.2. The third-order valence-corrected chi connectivity index (χ3v) is 6.57. The first-order valence-electron chi connectivity index (χ1n) is 10.9. The SMILES string of the molecule is CC1CC(C(CC(=O)N2C(=O)OCC2c2ccccc2)c2ccc(Cl)cc2)CC(C)O1. The molecule has 0 spiro atoms. The van der Waals surface area contributed by atoms with Crippen LogP contribution in [0.5, 0.6) is 0 Å². The molecular weight excluding hydrogens is 414 g/mol. The Bertz CT molecular complexity index is 907. The summed E-state index contributed by atoms with van der Waals surface area (Å²) in [5.41, 5.74) is 1.96. The highest BCUT2D eigenvalue weighted by Crippen LogP contribution is 2.40. The predicted octanol–water partition coefficient (Wildman–Crippen LogP) is 5.74. The van der Waals surface area contributed by atoms with Gasteiger partial charge in [0.25, 0.3) is 0 Å². The van der Waals surface area contributed by atoms with Crippen molar-refractivity contribution in [2.75, 3.05) is 6.61 Å². The minimum atomic E-state index is -0.567. The van der Waals surface area contributed by atoms with E-state index in [1.807, 2.05) is 54.6 Å². The largest absolute Gasteiger partial charge is 0.446 e. The zero-order chi connectivity index (χ0) is 22.0. The molecule has 5 nitrogen and oxygen atoms in total. The van der Waals surface area contributed by atoms with E-state index in [0.29, 0.717) is 5.02 Å². The smallest absolute Gasteiger partial charge is 0.417 e. The summed E-state index contributed by atoms with van der Waals surface area (Å²) < 4.78 is 11.2. The van der Waals surface area contributed by atoms with Gasteiger partial charge in [-0.05, 0) is 61.8 Å². The van der Waals surface area contributed by atoms with Crippen molar-refractivity contribution in [1.29, 1.82) is 0 Å². The third kappa shape index (κ3) is 4.94. The van der Waals surface area contributed by atoms with Crippen molar-refractivity contribution in [2.45, 2.75) is 57.3 Å². The normalized spacial score (nSPS) is 27.1. The van der Waals surface area contributed by atoms with Crippen molar-refractivity contribution in [1.82, 2.24) is 4.90 Å². The van der Waals surface area contributed by atoms with Gasteiger partial charge in [-0.1, -0.05) is 54.1 Å². The van der Waals surface area contributed by atoms with E-state index in [2.05, 4.69) is 13.8 Å². The quantitative estimate of drug-likeness (QED) is 0.593. The van der Waals surface area contributed by atoms with E-state index in [-0.39, 0.29) is 49.0 Å². The van der Waals surface area contributed by atoms with Gasteiger partial charge < -0.3 is 9.47 Å². The fraction of sp³-hybridized carbons (Fsp3) is 0.440. The van der Waals surface area contributed by atoms with Crippen LogP contribution in [0.15, 0.2) is 54.6 Å². The minimum absolute atomic E-state index is 0.0246. The molecule has 0 saturated carbocycles. The van der Waals surface area contributed by atoms with Crippen LogP contribution in [0.4, 0.5) is 4.79 Å². The molecule has 2 fully saturated rings. The van der Waals surface area contributed by atoms with E-state index in [1.54, 1.807) is 0 Å². The topological polar surface area (TPSA) is 55.8 Å². The minimum Gasteiger partial charge on any atom is -0.446 e. The summed E-state index contributed by atoms with van der Waals surface area (Å²) in [7, 11) is 0. The Morgan fingerprint density at radius 3 is 2.35 bits per heavy atom. The summed E-state index contributed by atoms with van der Waals surface area (Å²) in [5.74, 6) is 0.0455. The zero-order valence-electron chi connectivity index (χ0n) is 17.9. The maximum Gasteiger partial charge on any atom is 0.417 e. The van der Waals surface area contributed by atoms with E-state index < -0.39 is 6.09 Å². The summed E-state index contributed by atoms with van der Waals surface area (Å²) >= 11 is 6.11. The lowest BCUT2D eigenvalue weighted by Crippen LogP contribution is -2.38. The van der Waals surface area contributed by atoms with Crippen molar-refractivity contribution >= 4 is 23.6 Å². The fourth-order valence-corrected chi connectivity index (χ4v) is 5.08. The fourth-order valence-electron chi connectivity index (χ4n) is 4.96. The second-order valence-electron chi connectivity index (χ2n) is 8.62. The number of carbonyl (C=O) groups is 2. The van der Waals surface area contributed by atoms with Crippen LogP contribution in [0.1, 0.15) is 56.2 Å². The number of hydrogen-bond donors (Lipinski definition) is 0. The van der Waals surface area contributed by atoms with Crippen molar-refractivity contribution in [2.24, 2.45) is 5.92 Å². The first kappa shape index (κ1) is 21.8. The van der Waals surface area contributed by atoms with E-state index in [1.165, 1.54) is 4.90 Å². The Balaban J connectivity index is 1.60. The van der Waals surface area contributed by atoms with Gasteiger partial charge in [-0.25, -0.2) is 9.69 Å². The van der Waals surface area contributed by atoms with Gasteiger partial charge in [0.05, 0.1) is 12.2 Å². The highest BCUT2D eigenvalue weighted by atomic mass is 35.5. The molecule has 4 unspecified atom stereocenters. The van der Waals surface area contributed by atoms with E-state index in [9.17, 15) is 9.59 Å². The summed E-state index contributed by atoms with van der Waals surface area (Å²) in [6.45, 7) is 4.34. The van der Waals surface area contributed by atoms with Gasteiger partial charge in [-0.3, -0.25) is 4.79 Å². The van der Waals surface area contributed by atoms with Gasteiger partial charge in [0.1, 0.15) is 12.6 Å². The van der Waals surface area contributed by atoms with Crippen molar-refractivity contribution in [3.63, 3.8) is 0 Å². The summed E-state index contributed by atoms with van der Waals surface area (Å²) in [4.78, 5) is 27.2. The number of amides is 2. The van der Waals surface area contributed by atoms with Crippen LogP contribution in [0.3, 0.4) is 0 Å². The molecule has 0 aliphatic carbocycles. The molecule has 2 aromatic rings. The number of ether oxygens (including phenoxy) is 2. The lowest BCUT2D eigenvalue weighted by molar-refractivity contribution is -0.130. The van der Waals surface area contributed by atoms with Crippen molar-refractivity contribution in [3.05, 3.63) is 70.7 Å². The Labute approximate surface area is 188 Å². The molecule has 31 heavy (non-hydrogen) atoms. The van der Waals surface area contributed by atoms with Crippen LogP contribution < -0.4 is 0 Å². The van der Waals surface area contributed by atoms with Gasteiger partial charge in [-0.2, -0.15) is 0 Å². The number of rotatable bonds is 5. The molecule has 0 N–H and O–H groups in total. The number of hydrogen-bond acceptors (Lipinski definition) is 4. The van der Waals surface area contributed by atoms with Gasteiger partial charge >= 0.3 is 6.09 Å². The first-order chi connectivity index (χ1) is 14.9. The molecule has 164 valence electrons. The molecule has 0 aromatic heterocycles. The van der Waals surface area contributed by atoms with E-state index >= 15 is 0 Å². The number of benzene rings is 2. The van der Waals surface area contributed by atoms with Crippen LogP contribution in [-0.2, 0) is 14.3 Å². The molecule has 2 amide bonds. The molecular formula is C25H28ClNO4. The van der Waals surface area contributed by atoms with Gasteiger partial charge in [0.15, 0.2) is 0 Å². The number of cyclic esters (lactones) is 1. The highest BCUT2D eigenvalue weighted by molar-refractivity contribution is 6.30. The summed E-state index contributed by atoms with van der Waals surface area (Å²) in [6.07, 6.45) is 1.68. The van der Waals surface area contributed by atoms with E-state index in [0.717, 1.165) is 24.0 Å². The standard InChI is InChI=1S/C25H28ClNO4/c1-16-12-20(13-17(2)31-16)22(18-8-10-21(26)11-9-18)14-24(28)27-23(15-30-25(27)29)19-6-4-3-5-7-19/h3-11,16-17,20,22-23H,12-15H2,1-2H3. The monoisotopic (exact) mass is 441 g/mol. The molecule has 0 radical (unpaired) electrons. The third-order valence-electron chi connectivity index (χ3n) is 6.32. The van der Waals surface area contributed by atoms with Gasteiger partial charge in [0.2, 0.25) is 5.91 Å². The molecule has 4 atom stereocenters. The molecule has 0 bridgehead atoms. The molecule has 2 aliphatic rings. The second-order valence-corrected chi connectivity index (χ2v) is 9.05. The molecule has 4 rings (SSSR count). The molecule has 6 heteroatoms. The predicted molar refractivity (Wildman–Crippen MR) is 119 cm³/mol. The molecule has 2 saturated heterocycles. The van der Waals surface area contributed by atoms with Crippen LogP contribution >= 0.6 is 11.6 Å². The Kier molecular flexibility index (Phi) is 6.63. The average molecular weight is 442 g/mol. The molecule has 2 heterocycles. The maximum absolute atomic E-state index is 13.5. The van der Waals surface area contributed by atoms with Crippen LogP contribution in [0, 0.1) is 5.92 Å². The van der Waals surface area contributed by atoms with Crippen LogP contribution in [-0.4, -0.2) is 35.7 Å². The lowest BCUT2D eigenvalue weighted by Gasteiger charge is -2.37. The van der Waals surface area contributed by atoms with Gasteiger partial charge in [0, 0.05) is 11.4 Å². The Hall–Kier alpha value is -2.37. The zero-order valence-corrected chi connectivity index (χ0v) is 18.6. The Morgan fingerprint density at radius 2 is 1.71 bits per heavy atom. The lowest BCUT2D eigenvalue weighted by atomic mass is 9.76. The number of halogens is 1. The molecule has 2 aliphatic heterocycles. The number of imide groups is 1. The highest BCUT2D eigenvalue weighted by Gasteiger charge is 2.41. The van der Waals surface area contributed by atoms with E-state index in [4.69, 9.17) is 21.1 Å². The second kappa shape index (κ2) is 9.41. The summed E-state index contributed by atoms with van der Waals surface area (Å²) in [6, 6.07) is 16.9.